The Morgan fingerprint density at radius 1 is 1.31 bits per heavy atom. The minimum Gasteiger partial charge on any atom is -0.480 e. The fourth-order valence-electron chi connectivity index (χ4n) is 1.23. The molecule has 0 atom stereocenters. The molecule has 0 unspecified atom stereocenters. The highest BCUT2D eigenvalue weighted by atomic mass is 32.3. The standard InChI is InChI=1S/C7H14N2O2.H2O4S/c1-9-4-2-7(8,3-5-9)6(10)11;1-5(2,3)4/h2-5,8H2,1H3,(H,10,11);(H2,1,2,3,4). The molecule has 0 bridgehead atoms. The fraction of sp³-hybridized carbons (Fsp3) is 0.857. The molecule has 8 nitrogen and oxygen atoms in total. The zero-order valence-corrected chi connectivity index (χ0v) is 9.64. The maximum absolute atomic E-state index is 10.6. The van der Waals surface area contributed by atoms with Crippen molar-refractivity contribution in [3.8, 4) is 0 Å². The summed E-state index contributed by atoms with van der Waals surface area (Å²) in [5, 5.41) is 8.74. The maximum atomic E-state index is 10.6. The van der Waals surface area contributed by atoms with Crippen LogP contribution in [0.25, 0.3) is 0 Å². The number of hydrogen-bond acceptors (Lipinski definition) is 5. The van der Waals surface area contributed by atoms with Crippen LogP contribution in [-0.2, 0) is 15.2 Å². The summed E-state index contributed by atoms with van der Waals surface area (Å²) >= 11 is 0. The van der Waals surface area contributed by atoms with Gasteiger partial charge in [0.25, 0.3) is 0 Å². The van der Waals surface area contributed by atoms with Gasteiger partial charge >= 0.3 is 16.4 Å². The summed E-state index contributed by atoms with van der Waals surface area (Å²) in [5.74, 6) is -0.870. The highest BCUT2D eigenvalue weighted by molar-refractivity contribution is 7.79. The van der Waals surface area contributed by atoms with Crippen LogP contribution in [0.15, 0.2) is 0 Å². The van der Waals surface area contributed by atoms with E-state index in [0.29, 0.717) is 12.8 Å². The monoisotopic (exact) mass is 256 g/mol. The molecule has 0 spiro atoms. The van der Waals surface area contributed by atoms with E-state index in [0.717, 1.165) is 13.1 Å². The first kappa shape index (κ1) is 15.3. The number of likely N-dealkylation sites (tertiary alicyclic amines) is 1. The summed E-state index contributed by atoms with van der Waals surface area (Å²) < 4.78 is 31.6. The molecule has 1 heterocycles. The van der Waals surface area contributed by atoms with Crippen LogP contribution in [0.1, 0.15) is 12.8 Å². The number of hydrogen-bond donors (Lipinski definition) is 4. The molecule has 0 radical (unpaired) electrons. The quantitative estimate of drug-likeness (QED) is 0.430. The van der Waals surface area contributed by atoms with Gasteiger partial charge in [0, 0.05) is 13.1 Å². The molecule has 0 aromatic rings. The van der Waals surface area contributed by atoms with Crippen molar-refractivity contribution >= 4 is 16.4 Å². The minimum absolute atomic E-state index is 0.554. The van der Waals surface area contributed by atoms with Gasteiger partial charge in [-0.1, -0.05) is 0 Å². The lowest BCUT2D eigenvalue weighted by Crippen LogP contribution is -2.54. The van der Waals surface area contributed by atoms with Crippen molar-refractivity contribution in [3.63, 3.8) is 0 Å². The Morgan fingerprint density at radius 2 is 1.62 bits per heavy atom. The molecule has 0 aromatic heterocycles. The highest BCUT2D eigenvalue weighted by Gasteiger charge is 2.36. The fourth-order valence-corrected chi connectivity index (χ4v) is 1.23. The second kappa shape index (κ2) is 5.55. The summed E-state index contributed by atoms with van der Waals surface area (Å²) in [6.45, 7) is 1.56. The molecule has 1 rings (SSSR count). The molecule has 0 saturated carbocycles. The SMILES string of the molecule is CN1CCC(N)(C(=O)O)CC1.O=S(=O)(O)O. The zero-order valence-electron chi connectivity index (χ0n) is 8.83. The smallest absolute Gasteiger partial charge is 0.394 e. The lowest BCUT2D eigenvalue weighted by Gasteiger charge is -2.33. The van der Waals surface area contributed by atoms with Crippen molar-refractivity contribution in [2.75, 3.05) is 20.1 Å². The van der Waals surface area contributed by atoms with Crippen molar-refractivity contribution < 1.29 is 27.4 Å². The van der Waals surface area contributed by atoms with E-state index in [1.165, 1.54) is 0 Å². The average Bonchev–Trinajstić information content (AvgIpc) is 2.07. The van der Waals surface area contributed by atoms with Crippen molar-refractivity contribution in [2.45, 2.75) is 18.4 Å². The van der Waals surface area contributed by atoms with Gasteiger partial charge in [0.1, 0.15) is 5.54 Å². The molecule has 1 aliphatic heterocycles. The molecule has 0 aromatic carbocycles. The first-order chi connectivity index (χ1) is 7.04. The summed E-state index contributed by atoms with van der Waals surface area (Å²) in [5.41, 5.74) is 4.67. The van der Waals surface area contributed by atoms with Gasteiger partial charge in [0.15, 0.2) is 0 Å². The lowest BCUT2D eigenvalue weighted by molar-refractivity contribution is -0.145. The Kier molecular flexibility index (Phi) is 5.29. The predicted octanol–water partition coefficient (Wildman–Crippen LogP) is -1.16. The third kappa shape index (κ3) is 6.69. The Labute approximate surface area is 93.6 Å². The van der Waals surface area contributed by atoms with Crippen LogP contribution in [0, 0.1) is 0 Å². The number of rotatable bonds is 1. The van der Waals surface area contributed by atoms with Gasteiger partial charge < -0.3 is 15.7 Å². The third-order valence-corrected chi connectivity index (χ3v) is 2.31. The van der Waals surface area contributed by atoms with Gasteiger partial charge in [0.05, 0.1) is 0 Å². The Morgan fingerprint density at radius 3 is 1.88 bits per heavy atom. The zero-order chi connectivity index (χ0) is 13.0. The molecule has 1 saturated heterocycles. The molecule has 16 heavy (non-hydrogen) atoms. The van der Waals surface area contributed by atoms with Gasteiger partial charge in [-0.2, -0.15) is 8.42 Å². The molecule has 96 valence electrons. The van der Waals surface area contributed by atoms with Crippen molar-refractivity contribution in [1.29, 1.82) is 0 Å². The molecule has 0 amide bonds. The van der Waals surface area contributed by atoms with E-state index < -0.39 is 21.9 Å². The summed E-state index contributed by atoms with van der Waals surface area (Å²) in [6.07, 6.45) is 1.11. The second-order valence-electron chi connectivity index (χ2n) is 3.71. The minimum atomic E-state index is -4.67. The van der Waals surface area contributed by atoms with Gasteiger partial charge in [-0.3, -0.25) is 13.9 Å². The molecule has 9 heteroatoms. The third-order valence-electron chi connectivity index (χ3n) is 2.31. The van der Waals surface area contributed by atoms with Crippen molar-refractivity contribution in [1.82, 2.24) is 4.90 Å². The largest absolute Gasteiger partial charge is 0.480 e. The molecule has 0 aliphatic carbocycles. The Balaban J connectivity index is 0.000000385. The summed E-state index contributed by atoms with van der Waals surface area (Å²) in [6, 6.07) is 0. The van der Waals surface area contributed by atoms with E-state index in [9.17, 15) is 4.79 Å². The highest BCUT2D eigenvalue weighted by Crippen LogP contribution is 2.18. The van der Waals surface area contributed by atoms with Crippen molar-refractivity contribution in [3.05, 3.63) is 0 Å². The van der Waals surface area contributed by atoms with E-state index in [1.807, 2.05) is 7.05 Å². The van der Waals surface area contributed by atoms with E-state index in [1.54, 1.807) is 0 Å². The Bertz CT molecular complexity index is 325. The van der Waals surface area contributed by atoms with Crippen molar-refractivity contribution in [2.24, 2.45) is 5.73 Å². The van der Waals surface area contributed by atoms with Crippen LogP contribution in [0.3, 0.4) is 0 Å². The maximum Gasteiger partial charge on any atom is 0.394 e. The van der Waals surface area contributed by atoms with Crippen LogP contribution >= 0.6 is 0 Å². The summed E-state index contributed by atoms with van der Waals surface area (Å²) in [4.78, 5) is 12.7. The average molecular weight is 256 g/mol. The number of aliphatic carboxylic acids is 1. The molecule has 1 fully saturated rings. The molecule has 1 aliphatic rings. The second-order valence-corrected chi connectivity index (χ2v) is 4.61. The Hall–Kier alpha value is -0.740. The number of nitrogens with two attached hydrogens (primary N) is 1. The topological polar surface area (TPSA) is 141 Å². The van der Waals surface area contributed by atoms with Crippen LogP contribution in [0.2, 0.25) is 0 Å². The summed E-state index contributed by atoms with van der Waals surface area (Å²) in [7, 11) is -2.69. The van der Waals surface area contributed by atoms with Crippen LogP contribution < -0.4 is 5.73 Å². The number of nitrogens with zero attached hydrogens (tertiary/aromatic N) is 1. The predicted molar refractivity (Wildman–Crippen MR) is 55.5 cm³/mol. The molecular weight excluding hydrogens is 240 g/mol. The van der Waals surface area contributed by atoms with E-state index >= 15 is 0 Å². The molecular formula is C7H16N2O6S. The van der Waals surface area contributed by atoms with Crippen LogP contribution in [0.4, 0.5) is 0 Å². The number of carboxylic acids is 1. The van der Waals surface area contributed by atoms with E-state index in [4.69, 9.17) is 28.4 Å². The normalized spacial score (nSPS) is 20.8. The number of carbonyl (C=O) groups is 1. The van der Waals surface area contributed by atoms with Gasteiger partial charge in [-0.15, -0.1) is 0 Å². The van der Waals surface area contributed by atoms with Gasteiger partial charge in [-0.25, -0.2) is 0 Å². The lowest BCUT2D eigenvalue weighted by atomic mass is 9.89. The number of piperidine rings is 1. The van der Waals surface area contributed by atoms with E-state index in [2.05, 4.69) is 4.90 Å². The molecule has 5 N–H and O–H groups in total. The van der Waals surface area contributed by atoms with Gasteiger partial charge in [-0.05, 0) is 19.9 Å². The number of carboxylic acid groups (broad SMARTS) is 1. The first-order valence-electron chi connectivity index (χ1n) is 4.45. The first-order valence-corrected chi connectivity index (χ1v) is 5.85. The van der Waals surface area contributed by atoms with Gasteiger partial charge in [0.2, 0.25) is 0 Å². The van der Waals surface area contributed by atoms with Crippen LogP contribution in [0.5, 0.6) is 0 Å². The van der Waals surface area contributed by atoms with Crippen LogP contribution in [-0.4, -0.2) is 59.2 Å². The van der Waals surface area contributed by atoms with E-state index in [-0.39, 0.29) is 0 Å².